The van der Waals surface area contributed by atoms with Crippen molar-refractivity contribution >= 4 is 21.4 Å². The molecular formula is C15H19N3O4S. The lowest BCUT2D eigenvalue weighted by molar-refractivity contribution is -0.384. The predicted molar refractivity (Wildman–Crippen MR) is 87.6 cm³/mol. The quantitative estimate of drug-likeness (QED) is 0.504. The van der Waals surface area contributed by atoms with Crippen LogP contribution in [0, 0.1) is 28.4 Å². The third-order valence-electron chi connectivity index (χ3n) is 3.80. The number of terminal acetylenes is 1. The molecule has 0 unspecified atom stereocenters. The minimum atomic E-state index is -3.73. The fraction of sp³-hybridized carbons (Fsp3) is 0.467. The molecule has 7 nitrogen and oxygen atoms in total. The Hall–Kier alpha value is -2.11. The summed E-state index contributed by atoms with van der Waals surface area (Å²) in [5.74, 6) is 2.61. The van der Waals surface area contributed by atoms with Gasteiger partial charge in [-0.2, -0.15) is 4.31 Å². The fourth-order valence-corrected chi connectivity index (χ4v) is 4.25. The number of nitrogens with zero attached hydrogens (tertiary/aromatic N) is 2. The zero-order valence-corrected chi connectivity index (χ0v) is 13.7. The number of rotatable bonds is 5. The summed E-state index contributed by atoms with van der Waals surface area (Å²) in [6, 6.07) is 3.85. The van der Waals surface area contributed by atoms with Crippen molar-refractivity contribution in [2.75, 3.05) is 25.0 Å². The molecule has 1 aliphatic rings. The van der Waals surface area contributed by atoms with Gasteiger partial charge in [0.2, 0.25) is 10.0 Å². The van der Waals surface area contributed by atoms with Crippen LogP contribution in [0.3, 0.4) is 0 Å². The van der Waals surface area contributed by atoms with E-state index in [9.17, 15) is 18.5 Å². The Kier molecular flexibility index (Phi) is 5.23. The van der Waals surface area contributed by atoms with E-state index in [0.29, 0.717) is 13.1 Å². The number of nitrogens with one attached hydrogen (secondary N) is 1. The summed E-state index contributed by atoms with van der Waals surface area (Å²) in [5.41, 5.74) is -0.0923. The largest absolute Gasteiger partial charge is 0.369 e. The van der Waals surface area contributed by atoms with Crippen molar-refractivity contribution < 1.29 is 13.3 Å². The van der Waals surface area contributed by atoms with Crippen molar-refractivity contribution in [3.63, 3.8) is 0 Å². The highest BCUT2D eigenvalue weighted by Gasteiger charge is 2.30. The lowest BCUT2D eigenvalue weighted by Gasteiger charge is -2.30. The van der Waals surface area contributed by atoms with E-state index in [1.807, 2.05) is 6.92 Å². The summed E-state index contributed by atoms with van der Waals surface area (Å²) in [4.78, 5) is 10.5. The van der Waals surface area contributed by atoms with Gasteiger partial charge in [0.25, 0.3) is 5.69 Å². The average Bonchev–Trinajstić information content (AvgIpc) is 2.52. The first-order valence-corrected chi connectivity index (χ1v) is 8.76. The molecule has 0 saturated carbocycles. The Labute approximate surface area is 135 Å². The van der Waals surface area contributed by atoms with Gasteiger partial charge in [-0.1, -0.05) is 12.8 Å². The van der Waals surface area contributed by atoms with Gasteiger partial charge in [0.05, 0.1) is 16.4 Å². The summed E-state index contributed by atoms with van der Waals surface area (Å²) >= 11 is 0. The van der Waals surface area contributed by atoms with E-state index in [2.05, 4.69) is 11.2 Å². The molecule has 1 saturated heterocycles. The first-order chi connectivity index (χ1) is 10.9. The van der Waals surface area contributed by atoms with Crippen molar-refractivity contribution in [1.82, 2.24) is 4.31 Å². The molecule has 1 heterocycles. The molecule has 124 valence electrons. The van der Waals surface area contributed by atoms with Crippen molar-refractivity contribution in [3.05, 3.63) is 28.3 Å². The van der Waals surface area contributed by atoms with E-state index >= 15 is 0 Å². The minimum Gasteiger partial charge on any atom is -0.369 e. The second-order valence-electron chi connectivity index (χ2n) is 5.60. The zero-order chi connectivity index (χ0) is 17.0. The molecule has 0 bridgehead atoms. The van der Waals surface area contributed by atoms with Crippen LogP contribution in [0.2, 0.25) is 0 Å². The summed E-state index contributed by atoms with van der Waals surface area (Å²) in [7, 11) is -3.73. The van der Waals surface area contributed by atoms with Gasteiger partial charge in [0, 0.05) is 19.2 Å². The third-order valence-corrected chi connectivity index (χ3v) is 5.67. The molecule has 0 radical (unpaired) electrons. The Bertz CT molecular complexity index is 740. The molecule has 0 aliphatic carbocycles. The Balaban J connectivity index is 2.37. The predicted octanol–water partition coefficient (Wildman–Crippen LogP) is 2.06. The van der Waals surface area contributed by atoms with Gasteiger partial charge in [-0.15, -0.1) is 6.42 Å². The number of nitro groups is 1. The van der Waals surface area contributed by atoms with Crippen molar-refractivity contribution in [3.8, 4) is 12.3 Å². The van der Waals surface area contributed by atoms with Crippen molar-refractivity contribution in [1.29, 1.82) is 0 Å². The molecular weight excluding hydrogens is 318 g/mol. The summed E-state index contributed by atoms with van der Waals surface area (Å²) < 4.78 is 26.8. The van der Waals surface area contributed by atoms with E-state index in [1.165, 1.54) is 16.4 Å². The molecule has 0 amide bonds. The minimum absolute atomic E-state index is 0.0652. The van der Waals surface area contributed by atoms with Crippen molar-refractivity contribution in [2.45, 2.75) is 24.7 Å². The number of sulfonamides is 1. The highest BCUT2D eigenvalue weighted by atomic mass is 32.2. The van der Waals surface area contributed by atoms with E-state index in [-0.39, 0.29) is 28.7 Å². The number of benzene rings is 1. The van der Waals surface area contributed by atoms with Crippen LogP contribution in [-0.2, 0) is 10.0 Å². The number of anilines is 1. The Morgan fingerprint density at radius 1 is 1.52 bits per heavy atom. The molecule has 1 aliphatic heterocycles. The van der Waals surface area contributed by atoms with Gasteiger partial charge >= 0.3 is 0 Å². The molecule has 1 atom stereocenters. The molecule has 0 spiro atoms. The summed E-state index contributed by atoms with van der Waals surface area (Å²) in [6.45, 7) is 3.00. The average molecular weight is 337 g/mol. The van der Waals surface area contributed by atoms with E-state index < -0.39 is 14.9 Å². The number of hydrogen-bond donors (Lipinski definition) is 1. The molecule has 2 rings (SSSR count). The first-order valence-electron chi connectivity index (χ1n) is 7.32. The van der Waals surface area contributed by atoms with Crippen LogP contribution in [0.15, 0.2) is 23.1 Å². The Morgan fingerprint density at radius 2 is 2.26 bits per heavy atom. The van der Waals surface area contributed by atoms with Crippen LogP contribution in [-0.4, -0.2) is 37.3 Å². The summed E-state index contributed by atoms with van der Waals surface area (Å²) in [5, 5.41) is 13.9. The van der Waals surface area contributed by atoms with Gasteiger partial charge < -0.3 is 5.32 Å². The second-order valence-corrected chi connectivity index (χ2v) is 7.54. The molecule has 1 N–H and O–H groups in total. The third kappa shape index (κ3) is 3.81. The molecule has 1 fully saturated rings. The maximum absolute atomic E-state index is 12.7. The van der Waals surface area contributed by atoms with Crippen LogP contribution in [0.1, 0.15) is 19.8 Å². The topological polar surface area (TPSA) is 92.6 Å². The van der Waals surface area contributed by atoms with Crippen LogP contribution >= 0.6 is 0 Å². The maximum Gasteiger partial charge on any atom is 0.293 e. The smallest absolute Gasteiger partial charge is 0.293 e. The molecule has 8 heteroatoms. The standard InChI is InChI=1S/C15H19N3O4S/c1-3-8-16-14-7-6-13(10-15(14)18(19)20)23(21,22)17-9-4-5-12(2)11-17/h1,6-7,10,12,16H,4-5,8-9,11H2,2H3/t12-/m1/s1. The molecule has 1 aromatic rings. The van der Waals surface area contributed by atoms with Gasteiger partial charge in [-0.3, -0.25) is 10.1 Å². The SMILES string of the molecule is C#CCNc1ccc(S(=O)(=O)N2CCC[C@@H](C)C2)cc1[N+](=O)[O-]. The van der Waals surface area contributed by atoms with Gasteiger partial charge in [-0.25, -0.2) is 8.42 Å². The lowest BCUT2D eigenvalue weighted by atomic mass is 10.0. The molecule has 0 aromatic heterocycles. The molecule has 23 heavy (non-hydrogen) atoms. The van der Waals surface area contributed by atoms with E-state index in [1.54, 1.807) is 0 Å². The number of nitro benzene ring substituents is 1. The van der Waals surface area contributed by atoms with Crippen LogP contribution in [0.5, 0.6) is 0 Å². The highest BCUT2D eigenvalue weighted by molar-refractivity contribution is 7.89. The number of piperidine rings is 1. The van der Waals surface area contributed by atoms with E-state index in [4.69, 9.17) is 6.42 Å². The zero-order valence-electron chi connectivity index (χ0n) is 12.9. The number of hydrogen-bond acceptors (Lipinski definition) is 5. The first kappa shape index (κ1) is 17.2. The maximum atomic E-state index is 12.7. The Morgan fingerprint density at radius 3 is 2.87 bits per heavy atom. The molecule has 1 aromatic carbocycles. The van der Waals surface area contributed by atoms with E-state index in [0.717, 1.165) is 18.9 Å². The normalized spacial score (nSPS) is 19.0. The van der Waals surface area contributed by atoms with Crippen LogP contribution in [0.25, 0.3) is 0 Å². The van der Waals surface area contributed by atoms with Crippen LogP contribution < -0.4 is 5.32 Å². The van der Waals surface area contributed by atoms with Gasteiger partial charge in [0.1, 0.15) is 5.69 Å². The highest BCUT2D eigenvalue weighted by Crippen LogP contribution is 2.30. The second kappa shape index (κ2) is 6.98. The fourth-order valence-electron chi connectivity index (χ4n) is 2.63. The monoisotopic (exact) mass is 337 g/mol. The van der Waals surface area contributed by atoms with Gasteiger partial charge in [0.15, 0.2) is 0 Å². The lowest BCUT2D eigenvalue weighted by Crippen LogP contribution is -2.39. The summed E-state index contributed by atoms with van der Waals surface area (Å²) in [6.07, 6.45) is 6.91. The van der Waals surface area contributed by atoms with Gasteiger partial charge in [-0.05, 0) is 30.9 Å². The van der Waals surface area contributed by atoms with Crippen molar-refractivity contribution in [2.24, 2.45) is 5.92 Å². The van der Waals surface area contributed by atoms with Crippen LogP contribution in [0.4, 0.5) is 11.4 Å².